The van der Waals surface area contributed by atoms with E-state index in [4.69, 9.17) is 5.73 Å². The normalized spacial score (nSPS) is 25.8. The Kier molecular flexibility index (Phi) is 1.66. The molecule has 0 atom stereocenters. The second-order valence-electron chi connectivity index (χ2n) is 3.49. The standard InChI is InChI=1S/C8H16N2/c9-5-6-10(7-1-2-7)8-3-4-8/h7-8H,1-6,9H2. The third-order valence-corrected chi connectivity index (χ3v) is 2.42. The van der Waals surface area contributed by atoms with Gasteiger partial charge in [0.05, 0.1) is 0 Å². The SMILES string of the molecule is NCCN(C1CC1)C1CC1. The molecular formula is C8H16N2. The topological polar surface area (TPSA) is 29.3 Å². The van der Waals surface area contributed by atoms with Crippen molar-refractivity contribution in [3.8, 4) is 0 Å². The van der Waals surface area contributed by atoms with Gasteiger partial charge >= 0.3 is 0 Å². The molecule has 2 nitrogen and oxygen atoms in total. The summed E-state index contributed by atoms with van der Waals surface area (Å²) in [5.74, 6) is 0. The van der Waals surface area contributed by atoms with E-state index >= 15 is 0 Å². The molecular weight excluding hydrogens is 124 g/mol. The molecule has 2 saturated carbocycles. The van der Waals surface area contributed by atoms with Crippen LogP contribution in [0.5, 0.6) is 0 Å². The molecule has 0 spiro atoms. The van der Waals surface area contributed by atoms with Gasteiger partial charge in [-0.1, -0.05) is 0 Å². The Labute approximate surface area is 62.4 Å². The molecule has 2 rings (SSSR count). The van der Waals surface area contributed by atoms with Crippen molar-refractivity contribution in [2.45, 2.75) is 37.8 Å². The fraction of sp³-hybridized carbons (Fsp3) is 1.00. The molecule has 2 aliphatic rings. The maximum absolute atomic E-state index is 5.52. The molecule has 0 saturated heterocycles. The molecule has 0 aromatic heterocycles. The molecule has 0 radical (unpaired) electrons. The van der Waals surface area contributed by atoms with Crippen LogP contribution in [-0.4, -0.2) is 30.1 Å². The summed E-state index contributed by atoms with van der Waals surface area (Å²) in [7, 11) is 0. The molecule has 0 heterocycles. The summed E-state index contributed by atoms with van der Waals surface area (Å²) in [4.78, 5) is 2.61. The number of nitrogens with zero attached hydrogens (tertiary/aromatic N) is 1. The van der Waals surface area contributed by atoms with E-state index in [0.717, 1.165) is 25.2 Å². The first-order valence-corrected chi connectivity index (χ1v) is 4.37. The Morgan fingerprint density at radius 3 is 1.90 bits per heavy atom. The predicted molar refractivity (Wildman–Crippen MR) is 41.8 cm³/mol. The van der Waals surface area contributed by atoms with Gasteiger partial charge in [0.25, 0.3) is 0 Å². The largest absolute Gasteiger partial charge is 0.329 e. The molecule has 0 aliphatic heterocycles. The van der Waals surface area contributed by atoms with Gasteiger partial charge < -0.3 is 5.73 Å². The summed E-state index contributed by atoms with van der Waals surface area (Å²) >= 11 is 0. The highest BCUT2D eigenvalue weighted by molar-refractivity contribution is 4.94. The van der Waals surface area contributed by atoms with Gasteiger partial charge in [-0.2, -0.15) is 0 Å². The van der Waals surface area contributed by atoms with Gasteiger partial charge in [-0.15, -0.1) is 0 Å². The third-order valence-electron chi connectivity index (χ3n) is 2.42. The van der Waals surface area contributed by atoms with Gasteiger partial charge in [-0.25, -0.2) is 0 Å². The Balaban J connectivity index is 1.80. The Hall–Kier alpha value is -0.0800. The highest BCUT2D eigenvalue weighted by Crippen LogP contribution is 2.36. The van der Waals surface area contributed by atoms with E-state index in [-0.39, 0.29) is 0 Å². The van der Waals surface area contributed by atoms with Crippen LogP contribution in [0.25, 0.3) is 0 Å². The Morgan fingerprint density at radius 2 is 1.60 bits per heavy atom. The van der Waals surface area contributed by atoms with E-state index < -0.39 is 0 Å². The number of nitrogens with two attached hydrogens (primary N) is 1. The monoisotopic (exact) mass is 140 g/mol. The predicted octanol–water partition coefficient (Wildman–Crippen LogP) is 0.572. The molecule has 10 heavy (non-hydrogen) atoms. The molecule has 0 aromatic carbocycles. The average molecular weight is 140 g/mol. The van der Waals surface area contributed by atoms with Crippen LogP contribution >= 0.6 is 0 Å². The van der Waals surface area contributed by atoms with Crippen molar-refractivity contribution >= 4 is 0 Å². The summed E-state index contributed by atoms with van der Waals surface area (Å²) in [6.07, 6.45) is 5.71. The average Bonchev–Trinajstić information content (AvgIpc) is 2.77. The summed E-state index contributed by atoms with van der Waals surface area (Å²) in [5.41, 5.74) is 5.52. The zero-order valence-corrected chi connectivity index (χ0v) is 6.42. The molecule has 58 valence electrons. The van der Waals surface area contributed by atoms with Crippen molar-refractivity contribution in [2.24, 2.45) is 5.73 Å². The number of rotatable bonds is 4. The highest BCUT2D eigenvalue weighted by Gasteiger charge is 2.38. The molecule has 2 N–H and O–H groups in total. The first kappa shape index (κ1) is 6.62. The van der Waals surface area contributed by atoms with Crippen LogP contribution in [0.1, 0.15) is 25.7 Å². The third kappa shape index (κ3) is 1.32. The molecule has 0 unspecified atom stereocenters. The van der Waals surface area contributed by atoms with Crippen LogP contribution in [0.2, 0.25) is 0 Å². The zero-order chi connectivity index (χ0) is 6.97. The fourth-order valence-electron chi connectivity index (χ4n) is 1.62. The van der Waals surface area contributed by atoms with E-state index in [1.54, 1.807) is 0 Å². The lowest BCUT2D eigenvalue weighted by Crippen LogP contribution is -2.33. The minimum Gasteiger partial charge on any atom is -0.329 e. The first-order chi connectivity index (χ1) is 4.92. The van der Waals surface area contributed by atoms with Gasteiger partial charge in [0, 0.05) is 25.2 Å². The van der Waals surface area contributed by atoms with Gasteiger partial charge in [-0.05, 0) is 25.7 Å². The fourth-order valence-corrected chi connectivity index (χ4v) is 1.62. The van der Waals surface area contributed by atoms with E-state index in [2.05, 4.69) is 4.90 Å². The van der Waals surface area contributed by atoms with Crippen LogP contribution in [0.15, 0.2) is 0 Å². The van der Waals surface area contributed by atoms with Gasteiger partial charge in [0.1, 0.15) is 0 Å². The molecule has 0 aromatic rings. The zero-order valence-electron chi connectivity index (χ0n) is 6.42. The van der Waals surface area contributed by atoms with Crippen LogP contribution in [0, 0.1) is 0 Å². The molecule has 0 amide bonds. The lowest BCUT2D eigenvalue weighted by molar-refractivity contribution is 0.260. The van der Waals surface area contributed by atoms with Crippen LogP contribution in [-0.2, 0) is 0 Å². The number of hydrogen-bond donors (Lipinski definition) is 1. The Morgan fingerprint density at radius 1 is 1.10 bits per heavy atom. The van der Waals surface area contributed by atoms with E-state index in [1.165, 1.54) is 25.7 Å². The van der Waals surface area contributed by atoms with Crippen LogP contribution < -0.4 is 5.73 Å². The van der Waals surface area contributed by atoms with Crippen molar-refractivity contribution in [1.82, 2.24) is 4.90 Å². The second-order valence-corrected chi connectivity index (χ2v) is 3.49. The van der Waals surface area contributed by atoms with Crippen LogP contribution in [0.4, 0.5) is 0 Å². The quantitative estimate of drug-likeness (QED) is 0.618. The summed E-state index contributed by atoms with van der Waals surface area (Å²) in [6.45, 7) is 1.97. The second kappa shape index (κ2) is 2.51. The summed E-state index contributed by atoms with van der Waals surface area (Å²) < 4.78 is 0. The van der Waals surface area contributed by atoms with Gasteiger partial charge in [-0.3, -0.25) is 4.90 Å². The van der Waals surface area contributed by atoms with Crippen molar-refractivity contribution in [1.29, 1.82) is 0 Å². The van der Waals surface area contributed by atoms with Gasteiger partial charge in [0.2, 0.25) is 0 Å². The molecule has 0 bridgehead atoms. The Bertz CT molecular complexity index is 104. The van der Waals surface area contributed by atoms with Crippen molar-refractivity contribution in [2.75, 3.05) is 13.1 Å². The van der Waals surface area contributed by atoms with Crippen LogP contribution in [0.3, 0.4) is 0 Å². The summed E-state index contributed by atoms with van der Waals surface area (Å²) in [6, 6.07) is 1.85. The molecule has 2 fully saturated rings. The lowest BCUT2D eigenvalue weighted by Gasteiger charge is -2.19. The first-order valence-electron chi connectivity index (χ1n) is 4.37. The van der Waals surface area contributed by atoms with E-state index in [1.807, 2.05) is 0 Å². The van der Waals surface area contributed by atoms with E-state index in [0.29, 0.717) is 0 Å². The van der Waals surface area contributed by atoms with Crippen molar-refractivity contribution in [3.05, 3.63) is 0 Å². The molecule has 2 heteroatoms. The van der Waals surface area contributed by atoms with Gasteiger partial charge in [0.15, 0.2) is 0 Å². The highest BCUT2D eigenvalue weighted by atomic mass is 15.2. The van der Waals surface area contributed by atoms with E-state index in [9.17, 15) is 0 Å². The minimum atomic E-state index is 0.840. The lowest BCUT2D eigenvalue weighted by atomic mass is 10.4. The maximum Gasteiger partial charge on any atom is 0.0110 e. The summed E-state index contributed by atoms with van der Waals surface area (Å²) in [5, 5.41) is 0. The van der Waals surface area contributed by atoms with Crippen molar-refractivity contribution in [3.63, 3.8) is 0 Å². The van der Waals surface area contributed by atoms with Crippen molar-refractivity contribution < 1.29 is 0 Å². The number of hydrogen-bond acceptors (Lipinski definition) is 2. The maximum atomic E-state index is 5.52. The minimum absolute atomic E-state index is 0.840. The smallest absolute Gasteiger partial charge is 0.0110 e. The molecule has 2 aliphatic carbocycles.